The highest BCUT2D eigenvalue weighted by molar-refractivity contribution is 6.38. The van der Waals surface area contributed by atoms with Crippen molar-refractivity contribution < 1.29 is 26.7 Å². The number of hydrogen-bond donors (Lipinski definition) is 0. The Morgan fingerprint density at radius 1 is 1.15 bits per heavy atom. The molecule has 0 bridgehead atoms. The summed E-state index contributed by atoms with van der Waals surface area (Å²) in [5, 5.41) is -0.694. The molecule has 0 aliphatic carbocycles. The molecule has 1 atom stereocenters. The molecular weight excluding hydrogens is 477 g/mol. The normalized spacial score (nSPS) is 18.1. The van der Waals surface area contributed by atoms with E-state index in [9.17, 15) is 22.0 Å². The molecule has 2 aliphatic rings. The highest BCUT2D eigenvalue weighted by atomic mass is 35.5. The highest BCUT2D eigenvalue weighted by Gasteiger charge is 2.39. The number of halogens is 6. The standard InChI is InChI=1S/C24H19ClF5N3O/c1-3-34-10-9-14-11-31-23-13(2)32-22(19-16(26)5-4-6-17(19)27)20-18(33(23)12-14)8-7-15(21(20)25)24(28,29)30/h4-11,13H,3,12H2,1-2H3/b10-9+/t13-/m0/s1. The first kappa shape index (κ1) is 23.9. The van der Waals surface area contributed by atoms with Crippen molar-refractivity contribution in [3.05, 3.63) is 87.8 Å². The van der Waals surface area contributed by atoms with Gasteiger partial charge in [-0.25, -0.2) is 13.8 Å². The number of hydrogen-bond acceptors (Lipinski definition) is 4. The maximum absolute atomic E-state index is 14.8. The minimum absolute atomic E-state index is 0.206. The monoisotopic (exact) mass is 495 g/mol. The molecule has 0 N–H and O–H groups in total. The molecule has 0 amide bonds. The van der Waals surface area contributed by atoms with Crippen molar-refractivity contribution in [3.8, 4) is 0 Å². The van der Waals surface area contributed by atoms with E-state index in [4.69, 9.17) is 16.3 Å². The van der Waals surface area contributed by atoms with Crippen LogP contribution in [0.15, 0.2) is 64.4 Å². The second-order valence-corrected chi connectivity index (χ2v) is 7.98. The number of aliphatic imine (C=N–C) groups is 2. The quantitative estimate of drug-likeness (QED) is 0.357. The molecule has 0 spiro atoms. The van der Waals surface area contributed by atoms with Gasteiger partial charge in [0.1, 0.15) is 23.5 Å². The fourth-order valence-corrected chi connectivity index (χ4v) is 4.21. The lowest BCUT2D eigenvalue weighted by Gasteiger charge is -2.31. The van der Waals surface area contributed by atoms with E-state index in [1.54, 1.807) is 24.1 Å². The molecule has 0 radical (unpaired) electrons. The minimum atomic E-state index is -4.78. The van der Waals surface area contributed by atoms with Crippen LogP contribution >= 0.6 is 11.6 Å². The summed E-state index contributed by atoms with van der Waals surface area (Å²) in [4.78, 5) is 10.5. The summed E-state index contributed by atoms with van der Waals surface area (Å²) in [6.45, 7) is 4.14. The van der Waals surface area contributed by atoms with Crippen molar-refractivity contribution in [2.24, 2.45) is 9.98 Å². The summed E-state index contributed by atoms with van der Waals surface area (Å²) in [5.74, 6) is -1.53. The van der Waals surface area contributed by atoms with Crippen molar-refractivity contribution in [3.63, 3.8) is 0 Å². The van der Waals surface area contributed by atoms with Gasteiger partial charge in [-0.3, -0.25) is 4.99 Å². The fourth-order valence-electron chi connectivity index (χ4n) is 3.86. The van der Waals surface area contributed by atoms with Crippen molar-refractivity contribution in [2.75, 3.05) is 18.1 Å². The largest absolute Gasteiger partial charge is 0.501 e. The Bertz CT molecular complexity index is 1230. The molecule has 0 fully saturated rings. The van der Waals surface area contributed by atoms with Gasteiger partial charge in [0.2, 0.25) is 0 Å². The van der Waals surface area contributed by atoms with Crippen LogP contribution in [-0.2, 0) is 10.9 Å². The van der Waals surface area contributed by atoms with Gasteiger partial charge in [-0.05, 0) is 49.8 Å². The van der Waals surface area contributed by atoms with Crippen LogP contribution in [0.1, 0.15) is 30.5 Å². The molecule has 10 heteroatoms. The first-order valence-corrected chi connectivity index (χ1v) is 10.8. The van der Waals surface area contributed by atoms with E-state index in [1.807, 2.05) is 6.92 Å². The van der Waals surface area contributed by atoms with Gasteiger partial charge in [-0.1, -0.05) is 17.7 Å². The van der Waals surface area contributed by atoms with Gasteiger partial charge in [0.25, 0.3) is 0 Å². The summed E-state index contributed by atoms with van der Waals surface area (Å²) in [7, 11) is 0. The first-order valence-electron chi connectivity index (χ1n) is 10.4. The van der Waals surface area contributed by atoms with E-state index in [0.717, 1.165) is 24.3 Å². The van der Waals surface area contributed by atoms with Crippen molar-refractivity contribution >= 4 is 28.8 Å². The van der Waals surface area contributed by atoms with Crippen LogP contribution in [0.25, 0.3) is 0 Å². The Morgan fingerprint density at radius 3 is 2.50 bits per heavy atom. The maximum Gasteiger partial charge on any atom is 0.417 e. The number of benzene rings is 2. The molecule has 0 saturated carbocycles. The predicted octanol–water partition coefficient (Wildman–Crippen LogP) is 6.53. The number of nitrogens with zero attached hydrogens (tertiary/aromatic N) is 3. The van der Waals surface area contributed by atoms with Gasteiger partial charge in [-0.15, -0.1) is 0 Å². The lowest BCUT2D eigenvalue weighted by molar-refractivity contribution is -0.137. The zero-order valence-corrected chi connectivity index (χ0v) is 18.9. The SMILES string of the molecule is CCO/C=C/C1=CN=C2[C@H](C)N=C(c3c(F)cccc3F)c3c(ccc(C(F)(F)F)c3Cl)N2C1. The number of fused-ring (bicyclic) bond motifs is 3. The van der Waals surface area contributed by atoms with E-state index < -0.39 is 40.0 Å². The summed E-state index contributed by atoms with van der Waals surface area (Å²) >= 11 is 6.29. The number of ether oxygens (including phenoxy) is 1. The summed E-state index contributed by atoms with van der Waals surface area (Å²) in [5.41, 5.74) is -1.30. The smallest absolute Gasteiger partial charge is 0.417 e. The molecule has 34 heavy (non-hydrogen) atoms. The number of rotatable bonds is 4. The van der Waals surface area contributed by atoms with Crippen LogP contribution in [0.2, 0.25) is 5.02 Å². The Hall–Kier alpha value is -3.20. The molecule has 0 unspecified atom stereocenters. The predicted molar refractivity (Wildman–Crippen MR) is 122 cm³/mol. The van der Waals surface area contributed by atoms with Gasteiger partial charge in [-0.2, -0.15) is 13.2 Å². The maximum atomic E-state index is 14.8. The number of amidine groups is 1. The molecule has 0 saturated heterocycles. The van der Waals surface area contributed by atoms with Crippen LogP contribution in [0, 0.1) is 11.6 Å². The Kier molecular flexibility index (Phi) is 6.49. The molecule has 2 aromatic rings. The molecular formula is C24H19ClF5N3O. The van der Waals surface area contributed by atoms with E-state index >= 15 is 0 Å². The van der Waals surface area contributed by atoms with Gasteiger partial charge in [0.15, 0.2) is 0 Å². The second kappa shape index (κ2) is 9.21. The third-order valence-electron chi connectivity index (χ3n) is 5.37. The zero-order chi connectivity index (χ0) is 24.6. The Morgan fingerprint density at radius 2 is 1.85 bits per heavy atom. The van der Waals surface area contributed by atoms with Crippen molar-refractivity contribution in [1.82, 2.24) is 0 Å². The van der Waals surface area contributed by atoms with Gasteiger partial charge in [0.05, 0.1) is 47.0 Å². The molecule has 2 aromatic carbocycles. The summed E-state index contributed by atoms with van der Waals surface area (Å²) < 4.78 is 75.9. The van der Waals surface area contributed by atoms with Crippen LogP contribution < -0.4 is 4.90 Å². The molecule has 4 nitrogen and oxygen atoms in total. The lowest BCUT2D eigenvalue weighted by Crippen LogP contribution is -2.39. The van der Waals surface area contributed by atoms with Gasteiger partial charge >= 0.3 is 6.18 Å². The number of anilines is 1. The minimum Gasteiger partial charge on any atom is -0.501 e. The Balaban J connectivity index is 1.98. The van der Waals surface area contributed by atoms with E-state index in [0.29, 0.717) is 18.0 Å². The van der Waals surface area contributed by atoms with Crippen molar-refractivity contribution in [2.45, 2.75) is 26.1 Å². The average Bonchev–Trinajstić information content (AvgIpc) is 2.88. The molecule has 4 rings (SSSR count). The third-order valence-corrected chi connectivity index (χ3v) is 5.77. The zero-order valence-electron chi connectivity index (χ0n) is 18.1. The first-order chi connectivity index (χ1) is 16.1. The molecule has 0 aromatic heterocycles. The van der Waals surface area contributed by atoms with Crippen LogP contribution in [0.3, 0.4) is 0 Å². The topological polar surface area (TPSA) is 37.2 Å². The third kappa shape index (κ3) is 4.32. The van der Waals surface area contributed by atoms with E-state index in [-0.39, 0.29) is 23.5 Å². The second-order valence-electron chi connectivity index (χ2n) is 7.60. The average molecular weight is 496 g/mol. The van der Waals surface area contributed by atoms with Crippen LogP contribution in [0.4, 0.5) is 27.6 Å². The highest BCUT2D eigenvalue weighted by Crippen LogP contribution is 2.43. The van der Waals surface area contributed by atoms with E-state index in [1.165, 1.54) is 12.3 Å². The fraction of sp³-hybridized carbons (Fsp3) is 0.250. The van der Waals surface area contributed by atoms with Crippen LogP contribution in [0.5, 0.6) is 0 Å². The molecule has 178 valence electrons. The van der Waals surface area contributed by atoms with Gasteiger partial charge < -0.3 is 9.64 Å². The van der Waals surface area contributed by atoms with Crippen LogP contribution in [-0.4, -0.2) is 30.7 Å². The van der Waals surface area contributed by atoms with Crippen molar-refractivity contribution in [1.29, 1.82) is 0 Å². The Labute approximate surface area is 197 Å². The lowest BCUT2D eigenvalue weighted by atomic mass is 9.96. The summed E-state index contributed by atoms with van der Waals surface area (Å²) in [6.07, 6.45) is -0.0195. The number of alkyl halides is 3. The molecule has 2 heterocycles. The van der Waals surface area contributed by atoms with E-state index in [2.05, 4.69) is 9.98 Å². The summed E-state index contributed by atoms with van der Waals surface area (Å²) in [6, 6.07) is 4.53. The van der Waals surface area contributed by atoms with Gasteiger partial charge in [0, 0.05) is 11.8 Å². The molecule has 2 aliphatic heterocycles.